The zero-order valence-electron chi connectivity index (χ0n) is 18.9. The van der Waals surface area contributed by atoms with Crippen molar-refractivity contribution >= 4 is 29.3 Å². The van der Waals surface area contributed by atoms with Crippen LogP contribution in [-0.2, 0) is 11.0 Å². The van der Waals surface area contributed by atoms with E-state index >= 15 is 0 Å². The highest BCUT2D eigenvalue weighted by Crippen LogP contribution is 2.39. The summed E-state index contributed by atoms with van der Waals surface area (Å²) in [4.78, 5) is 39.4. The Kier molecular flexibility index (Phi) is 6.95. The summed E-state index contributed by atoms with van der Waals surface area (Å²) in [6, 6.07) is 10.1. The number of aldehydes is 1. The van der Waals surface area contributed by atoms with Crippen LogP contribution in [0.4, 0.5) is 30.2 Å². The van der Waals surface area contributed by atoms with E-state index in [4.69, 9.17) is 0 Å². The largest absolute Gasteiger partial charge is 0.418 e. The van der Waals surface area contributed by atoms with E-state index in [-0.39, 0.29) is 30.6 Å². The molecule has 4 rings (SSSR count). The molecule has 0 radical (unpaired) electrons. The summed E-state index contributed by atoms with van der Waals surface area (Å²) in [7, 11) is 0. The van der Waals surface area contributed by atoms with E-state index in [0.717, 1.165) is 24.1 Å². The molecule has 0 unspecified atom stereocenters. The van der Waals surface area contributed by atoms with Gasteiger partial charge >= 0.3 is 6.18 Å². The number of halogens is 3. The van der Waals surface area contributed by atoms with E-state index in [1.54, 1.807) is 17.0 Å². The van der Waals surface area contributed by atoms with Gasteiger partial charge in [-0.15, -0.1) is 0 Å². The fourth-order valence-corrected chi connectivity index (χ4v) is 4.71. The van der Waals surface area contributed by atoms with Gasteiger partial charge in [0.2, 0.25) is 5.91 Å². The number of alkyl halides is 3. The summed E-state index contributed by atoms with van der Waals surface area (Å²) >= 11 is 0. The zero-order chi connectivity index (χ0) is 25.2. The van der Waals surface area contributed by atoms with Gasteiger partial charge in [-0.2, -0.15) is 13.2 Å². The van der Waals surface area contributed by atoms with Crippen molar-refractivity contribution < 1.29 is 27.7 Å². The number of carbonyl (C=O) groups excluding carboxylic acids is 2. The Hall–Kier alpha value is -3.63. The number of benzene rings is 2. The molecule has 2 heterocycles. The molecule has 2 saturated heterocycles. The third kappa shape index (κ3) is 5.39. The minimum absolute atomic E-state index is 0.0142. The first-order valence-electron chi connectivity index (χ1n) is 11.4. The number of piperidine rings is 1. The van der Waals surface area contributed by atoms with Crippen molar-refractivity contribution in [1.29, 1.82) is 0 Å². The van der Waals surface area contributed by atoms with E-state index in [0.29, 0.717) is 50.7 Å². The molecule has 186 valence electrons. The van der Waals surface area contributed by atoms with Crippen LogP contribution in [-0.4, -0.2) is 61.3 Å². The number of carbonyl (C=O) groups is 2. The average Bonchev–Trinajstić information content (AvgIpc) is 2.87. The number of anilines is 2. The number of piperazine rings is 1. The van der Waals surface area contributed by atoms with Gasteiger partial charge in [-0.25, -0.2) is 0 Å². The van der Waals surface area contributed by atoms with Crippen molar-refractivity contribution in [2.24, 2.45) is 5.92 Å². The normalized spacial score (nSPS) is 17.4. The minimum atomic E-state index is -4.73. The summed E-state index contributed by atoms with van der Waals surface area (Å²) in [5.74, 6) is -0.127. The summed E-state index contributed by atoms with van der Waals surface area (Å²) < 4.78 is 40.7. The molecule has 2 aromatic carbocycles. The maximum atomic E-state index is 13.6. The van der Waals surface area contributed by atoms with Crippen LogP contribution >= 0.6 is 0 Å². The molecule has 35 heavy (non-hydrogen) atoms. The maximum absolute atomic E-state index is 13.6. The molecule has 2 aliphatic heterocycles. The predicted octanol–water partition coefficient (Wildman–Crippen LogP) is 3.99. The number of nitrogens with zero attached hydrogens (tertiary/aromatic N) is 4. The highest BCUT2D eigenvalue weighted by Gasteiger charge is 2.38. The van der Waals surface area contributed by atoms with Crippen LogP contribution < -0.4 is 9.80 Å². The van der Waals surface area contributed by atoms with Gasteiger partial charge in [-0.05, 0) is 43.2 Å². The van der Waals surface area contributed by atoms with Crippen LogP contribution in [0.1, 0.15) is 28.8 Å². The van der Waals surface area contributed by atoms with Gasteiger partial charge in [0.1, 0.15) is 6.29 Å². The van der Waals surface area contributed by atoms with E-state index in [1.807, 2.05) is 12.1 Å². The Labute approximate surface area is 200 Å². The molecule has 0 N–H and O–H groups in total. The number of non-ortho nitro benzene ring substituents is 1. The van der Waals surface area contributed by atoms with Crippen molar-refractivity contribution in [2.45, 2.75) is 19.0 Å². The van der Waals surface area contributed by atoms with Crippen molar-refractivity contribution in [3.8, 4) is 0 Å². The Morgan fingerprint density at radius 2 is 1.57 bits per heavy atom. The molecule has 1 amide bonds. The number of hydrogen-bond acceptors (Lipinski definition) is 6. The molecule has 0 saturated carbocycles. The van der Waals surface area contributed by atoms with E-state index in [9.17, 15) is 32.9 Å². The molecular formula is C24H25F3N4O4. The highest BCUT2D eigenvalue weighted by atomic mass is 19.4. The molecule has 8 nitrogen and oxygen atoms in total. The zero-order valence-corrected chi connectivity index (χ0v) is 18.9. The van der Waals surface area contributed by atoms with Gasteiger partial charge in [0.05, 0.1) is 10.5 Å². The molecule has 0 spiro atoms. The number of hydrogen-bond donors (Lipinski definition) is 0. The van der Waals surface area contributed by atoms with Gasteiger partial charge in [0.15, 0.2) is 0 Å². The molecule has 0 atom stereocenters. The van der Waals surface area contributed by atoms with Crippen LogP contribution in [0, 0.1) is 16.0 Å². The molecular weight excluding hydrogens is 465 g/mol. The number of nitro groups is 1. The maximum Gasteiger partial charge on any atom is 0.418 e. The van der Waals surface area contributed by atoms with Crippen LogP contribution in [0.2, 0.25) is 0 Å². The third-order valence-electron chi connectivity index (χ3n) is 6.67. The molecule has 0 aromatic heterocycles. The lowest BCUT2D eigenvalue weighted by Gasteiger charge is -2.40. The quantitative estimate of drug-likeness (QED) is 0.358. The van der Waals surface area contributed by atoms with Gasteiger partial charge in [0.25, 0.3) is 5.69 Å². The summed E-state index contributed by atoms with van der Waals surface area (Å²) in [6.07, 6.45) is -2.58. The van der Waals surface area contributed by atoms with Gasteiger partial charge in [0, 0.05) is 74.3 Å². The third-order valence-corrected chi connectivity index (χ3v) is 6.67. The van der Waals surface area contributed by atoms with Crippen molar-refractivity contribution in [3.05, 3.63) is 63.7 Å². The Bertz CT molecular complexity index is 1090. The molecule has 2 aromatic rings. The first-order chi connectivity index (χ1) is 16.7. The van der Waals surface area contributed by atoms with Crippen molar-refractivity contribution in [1.82, 2.24) is 4.90 Å². The highest BCUT2D eigenvalue weighted by molar-refractivity contribution is 5.80. The first-order valence-corrected chi connectivity index (χ1v) is 11.4. The SMILES string of the molecule is O=Cc1ccc(N2CCC(C(=O)N3CCN(c4ccc([N+](=O)[O-])cc4C(F)(F)F)CC3)CC2)cc1. The van der Waals surface area contributed by atoms with Crippen molar-refractivity contribution in [2.75, 3.05) is 49.1 Å². The number of nitro benzene ring substituents is 1. The molecule has 2 fully saturated rings. The summed E-state index contributed by atoms with van der Waals surface area (Å²) in [5.41, 5.74) is -0.155. The lowest BCUT2D eigenvalue weighted by molar-refractivity contribution is -0.385. The van der Waals surface area contributed by atoms with Gasteiger partial charge < -0.3 is 14.7 Å². The van der Waals surface area contributed by atoms with E-state index < -0.39 is 22.4 Å². The van der Waals surface area contributed by atoms with Crippen LogP contribution in [0.5, 0.6) is 0 Å². The molecule has 0 aliphatic carbocycles. The minimum Gasteiger partial charge on any atom is -0.371 e. The topological polar surface area (TPSA) is 87.0 Å². The van der Waals surface area contributed by atoms with Crippen LogP contribution in [0.25, 0.3) is 0 Å². The first kappa shape index (κ1) is 24.5. The lowest BCUT2D eigenvalue weighted by atomic mass is 9.94. The summed E-state index contributed by atoms with van der Waals surface area (Å²) in [5, 5.41) is 10.9. The van der Waals surface area contributed by atoms with Crippen LogP contribution in [0.15, 0.2) is 42.5 Å². The fourth-order valence-electron chi connectivity index (χ4n) is 4.71. The Morgan fingerprint density at radius 1 is 0.943 bits per heavy atom. The fraction of sp³-hybridized carbons (Fsp3) is 0.417. The van der Waals surface area contributed by atoms with Gasteiger partial charge in [-0.1, -0.05) is 0 Å². The second kappa shape index (κ2) is 9.93. The van der Waals surface area contributed by atoms with E-state index in [1.165, 1.54) is 4.90 Å². The molecule has 2 aliphatic rings. The van der Waals surface area contributed by atoms with Crippen molar-refractivity contribution in [3.63, 3.8) is 0 Å². The smallest absolute Gasteiger partial charge is 0.371 e. The Morgan fingerprint density at radius 3 is 2.11 bits per heavy atom. The van der Waals surface area contributed by atoms with Gasteiger partial charge in [-0.3, -0.25) is 19.7 Å². The standard InChI is InChI=1S/C24H25F3N4O4/c25-24(26,27)21-15-20(31(34)35)5-6-22(21)29-11-13-30(14-12-29)23(33)18-7-9-28(10-8-18)19-3-1-17(16-32)2-4-19/h1-6,15-16,18H,7-14H2. The predicted molar refractivity (Wildman–Crippen MR) is 124 cm³/mol. The lowest BCUT2D eigenvalue weighted by Crippen LogP contribution is -2.52. The average molecular weight is 490 g/mol. The second-order valence-corrected chi connectivity index (χ2v) is 8.74. The van der Waals surface area contributed by atoms with Crippen LogP contribution in [0.3, 0.4) is 0 Å². The number of rotatable bonds is 5. The Balaban J connectivity index is 1.35. The molecule has 11 heteroatoms. The molecule has 0 bridgehead atoms. The monoisotopic (exact) mass is 490 g/mol. The number of amides is 1. The summed E-state index contributed by atoms with van der Waals surface area (Å²) in [6.45, 7) is 2.42. The van der Waals surface area contributed by atoms with E-state index in [2.05, 4.69) is 4.90 Å². The second-order valence-electron chi connectivity index (χ2n) is 8.74.